The fraction of sp³-hybridized carbons (Fsp3) is 0.526. The zero-order valence-corrected chi connectivity index (χ0v) is 14.7. The zero-order valence-electron chi connectivity index (χ0n) is 14.7. The van der Waals surface area contributed by atoms with Crippen molar-refractivity contribution in [2.24, 2.45) is 5.92 Å². The highest BCUT2D eigenvalue weighted by molar-refractivity contribution is 5.26. The van der Waals surface area contributed by atoms with Gasteiger partial charge in [-0.3, -0.25) is 9.58 Å². The molecule has 2 aromatic rings. The van der Waals surface area contributed by atoms with Crippen molar-refractivity contribution in [1.29, 1.82) is 0 Å². The lowest BCUT2D eigenvalue weighted by Gasteiger charge is -2.29. The summed E-state index contributed by atoms with van der Waals surface area (Å²) in [6.07, 6.45) is 2.46. The summed E-state index contributed by atoms with van der Waals surface area (Å²) in [5, 5.41) is 13.7. The first-order valence-electron chi connectivity index (χ1n) is 8.60. The first-order valence-corrected chi connectivity index (χ1v) is 8.60. The van der Waals surface area contributed by atoms with Crippen molar-refractivity contribution in [3.8, 4) is 0 Å². The maximum atomic E-state index is 13.3. The fourth-order valence-corrected chi connectivity index (χ4v) is 3.58. The van der Waals surface area contributed by atoms with Crippen LogP contribution < -0.4 is 0 Å². The number of aryl methyl sites for hydroxylation is 1. The standard InChI is InChI=1S/C19H26FN3O/c1-13-18(14(2)23(21-13)10-11-24)12-22(3)19(15-4-5-15)16-6-8-17(20)9-7-16/h6-9,15,19,24H,4-5,10-12H2,1-3H3. The van der Waals surface area contributed by atoms with E-state index in [0.29, 0.717) is 18.5 Å². The van der Waals surface area contributed by atoms with Gasteiger partial charge in [0.15, 0.2) is 0 Å². The number of aliphatic hydroxyl groups excluding tert-OH is 1. The van der Waals surface area contributed by atoms with Crippen LogP contribution in [0.5, 0.6) is 0 Å². The van der Waals surface area contributed by atoms with E-state index in [1.807, 2.05) is 23.7 Å². The van der Waals surface area contributed by atoms with Gasteiger partial charge >= 0.3 is 0 Å². The van der Waals surface area contributed by atoms with Crippen molar-refractivity contribution in [1.82, 2.24) is 14.7 Å². The summed E-state index contributed by atoms with van der Waals surface area (Å²) in [5.74, 6) is 0.460. The van der Waals surface area contributed by atoms with Crippen LogP contribution in [0.4, 0.5) is 4.39 Å². The largest absolute Gasteiger partial charge is 0.394 e. The van der Waals surface area contributed by atoms with Crippen LogP contribution in [0, 0.1) is 25.6 Å². The maximum absolute atomic E-state index is 13.3. The third-order valence-electron chi connectivity index (χ3n) is 5.01. The summed E-state index contributed by atoms with van der Waals surface area (Å²) in [4.78, 5) is 2.35. The Balaban J connectivity index is 1.82. The molecule has 0 amide bonds. The molecule has 130 valence electrons. The van der Waals surface area contributed by atoms with E-state index in [9.17, 15) is 4.39 Å². The quantitative estimate of drug-likeness (QED) is 0.847. The summed E-state index contributed by atoms with van der Waals surface area (Å²) < 4.78 is 15.1. The molecule has 1 aliphatic carbocycles. The van der Waals surface area contributed by atoms with E-state index in [1.54, 1.807) is 12.1 Å². The molecule has 0 radical (unpaired) electrons. The Morgan fingerprint density at radius 3 is 2.54 bits per heavy atom. The molecule has 1 saturated carbocycles. The number of aromatic nitrogens is 2. The SMILES string of the molecule is Cc1nn(CCO)c(C)c1CN(C)C(c1ccc(F)cc1)C1CC1. The summed E-state index contributed by atoms with van der Waals surface area (Å²) in [6.45, 7) is 5.51. The molecule has 5 heteroatoms. The summed E-state index contributed by atoms with van der Waals surface area (Å²) >= 11 is 0. The lowest BCUT2D eigenvalue weighted by molar-refractivity contribution is 0.211. The lowest BCUT2D eigenvalue weighted by Crippen LogP contribution is -2.26. The van der Waals surface area contributed by atoms with E-state index in [-0.39, 0.29) is 12.4 Å². The van der Waals surface area contributed by atoms with Gasteiger partial charge in [-0.05, 0) is 57.4 Å². The maximum Gasteiger partial charge on any atom is 0.123 e. The van der Waals surface area contributed by atoms with Crippen molar-refractivity contribution in [2.45, 2.75) is 45.8 Å². The molecule has 1 fully saturated rings. The third kappa shape index (κ3) is 3.52. The number of nitrogens with zero attached hydrogens (tertiary/aromatic N) is 3. The van der Waals surface area contributed by atoms with Crippen LogP contribution in [-0.2, 0) is 13.1 Å². The highest BCUT2D eigenvalue weighted by Gasteiger charge is 2.35. The van der Waals surface area contributed by atoms with Crippen molar-refractivity contribution < 1.29 is 9.50 Å². The lowest BCUT2D eigenvalue weighted by atomic mass is 10.00. The Kier molecular flexibility index (Phi) is 5.01. The van der Waals surface area contributed by atoms with E-state index in [4.69, 9.17) is 5.11 Å². The first kappa shape index (κ1) is 17.1. The molecule has 1 N–H and O–H groups in total. The molecule has 1 unspecified atom stereocenters. The van der Waals surface area contributed by atoms with Crippen LogP contribution in [0.3, 0.4) is 0 Å². The smallest absolute Gasteiger partial charge is 0.123 e. The Morgan fingerprint density at radius 2 is 1.96 bits per heavy atom. The number of rotatable bonds is 7. The first-order chi connectivity index (χ1) is 11.5. The highest BCUT2D eigenvalue weighted by atomic mass is 19.1. The molecular weight excluding hydrogens is 305 g/mol. The molecule has 3 rings (SSSR count). The zero-order chi connectivity index (χ0) is 17.3. The van der Waals surface area contributed by atoms with Gasteiger partial charge in [0.1, 0.15) is 5.82 Å². The van der Waals surface area contributed by atoms with Gasteiger partial charge in [0, 0.05) is 23.8 Å². The van der Waals surface area contributed by atoms with Gasteiger partial charge in [-0.1, -0.05) is 12.1 Å². The number of hydrogen-bond acceptors (Lipinski definition) is 3. The minimum absolute atomic E-state index is 0.0948. The van der Waals surface area contributed by atoms with Crippen LogP contribution in [0.1, 0.15) is 41.4 Å². The van der Waals surface area contributed by atoms with Crippen molar-refractivity contribution in [3.63, 3.8) is 0 Å². The number of halogens is 1. The molecule has 4 nitrogen and oxygen atoms in total. The van der Waals surface area contributed by atoms with Crippen LogP contribution in [0.15, 0.2) is 24.3 Å². The van der Waals surface area contributed by atoms with E-state index in [2.05, 4.69) is 24.0 Å². The number of hydrogen-bond donors (Lipinski definition) is 1. The second-order valence-corrected chi connectivity index (χ2v) is 6.85. The van der Waals surface area contributed by atoms with Crippen LogP contribution in [-0.4, -0.2) is 33.4 Å². The van der Waals surface area contributed by atoms with Gasteiger partial charge in [-0.15, -0.1) is 0 Å². The summed E-state index contributed by atoms with van der Waals surface area (Å²) in [7, 11) is 2.13. The van der Waals surface area contributed by atoms with E-state index in [1.165, 1.54) is 24.0 Å². The van der Waals surface area contributed by atoms with Crippen LogP contribution in [0.2, 0.25) is 0 Å². The number of aliphatic hydroxyl groups is 1. The Hall–Kier alpha value is -1.72. The molecule has 0 spiro atoms. The minimum Gasteiger partial charge on any atom is -0.394 e. The van der Waals surface area contributed by atoms with Crippen molar-refractivity contribution in [3.05, 3.63) is 52.6 Å². The average molecular weight is 331 g/mol. The monoisotopic (exact) mass is 331 g/mol. The minimum atomic E-state index is -0.187. The summed E-state index contributed by atoms with van der Waals surface area (Å²) in [5.41, 5.74) is 4.53. The fourth-order valence-electron chi connectivity index (χ4n) is 3.58. The molecule has 24 heavy (non-hydrogen) atoms. The van der Waals surface area contributed by atoms with Crippen LogP contribution in [0.25, 0.3) is 0 Å². The van der Waals surface area contributed by atoms with Crippen molar-refractivity contribution >= 4 is 0 Å². The Morgan fingerprint density at radius 1 is 1.29 bits per heavy atom. The molecule has 0 bridgehead atoms. The number of benzene rings is 1. The molecule has 1 aliphatic rings. The molecular formula is C19H26FN3O. The van der Waals surface area contributed by atoms with Gasteiger partial charge < -0.3 is 5.11 Å². The molecule has 1 atom stereocenters. The van der Waals surface area contributed by atoms with Gasteiger partial charge in [0.05, 0.1) is 18.8 Å². The molecule has 0 saturated heterocycles. The third-order valence-corrected chi connectivity index (χ3v) is 5.01. The molecule has 0 aliphatic heterocycles. The Bertz CT molecular complexity index is 691. The predicted molar refractivity (Wildman–Crippen MR) is 92.1 cm³/mol. The highest BCUT2D eigenvalue weighted by Crippen LogP contribution is 2.44. The second-order valence-electron chi connectivity index (χ2n) is 6.85. The average Bonchev–Trinajstić information content (AvgIpc) is 3.34. The molecule has 1 aromatic heterocycles. The molecule has 1 heterocycles. The van der Waals surface area contributed by atoms with Crippen molar-refractivity contribution in [2.75, 3.05) is 13.7 Å². The van der Waals surface area contributed by atoms with E-state index >= 15 is 0 Å². The summed E-state index contributed by atoms with van der Waals surface area (Å²) in [6, 6.07) is 7.22. The van der Waals surface area contributed by atoms with E-state index < -0.39 is 0 Å². The normalized spacial score (nSPS) is 15.9. The van der Waals surface area contributed by atoms with E-state index in [0.717, 1.165) is 17.9 Å². The molecule has 1 aromatic carbocycles. The van der Waals surface area contributed by atoms with Gasteiger partial charge in [-0.2, -0.15) is 5.10 Å². The van der Waals surface area contributed by atoms with Crippen LogP contribution >= 0.6 is 0 Å². The second kappa shape index (κ2) is 7.03. The van der Waals surface area contributed by atoms with Gasteiger partial charge in [0.25, 0.3) is 0 Å². The predicted octanol–water partition coefficient (Wildman–Crippen LogP) is 3.21. The van der Waals surface area contributed by atoms with Gasteiger partial charge in [0.2, 0.25) is 0 Å². The van der Waals surface area contributed by atoms with Gasteiger partial charge in [-0.25, -0.2) is 4.39 Å². The Labute approximate surface area is 142 Å². The topological polar surface area (TPSA) is 41.3 Å².